The molecule has 8 N–H and O–H groups in total. The van der Waals surface area contributed by atoms with E-state index in [0.29, 0.717) is 0 Å². The normalized spacial score (nSPS) is 12.0. The number of amides is 8. The third-order valence-corrected chi connectivity index (χ3v) is 10.5. The van der Waals surface area contributed by atoms with Gasteiger partial charge in [0, 0.05) is 13.1 Å². The van der Waals surface area contributed by atoms with Gasteiger partial charge in [0.05, 0.1) is 178 Å². The fraction of sp³-hybridized carbons (Fsp3) is 0.852. The van der Waals surface area contributed by atoms with Gasteiger partial charge in [-0.25, -0.2) is 0 Å². The van der Waals surface area contributed by atoms with Crippen LogP contribution in [-0.4, -0.2) is 248 Å². The average molecular weight is 1150 g/mol. The van der Waals surface area contributed by atoms with Gasteiger partial charge in [-0.15, -0.1) is 0 Å². The summed E-state index contributed by atoms with van der Waals surface area (Å²) >= 11 is 0. The lowest BCUT2D eigenvalue weighted by molar-refractivity contribution is -0.131. The Kier molecular flexibility index (Phi) is 41.5. The number of hydrogen-bond acceptors (Lipinski definition) is 18. The molecule has 0 atom stereocenters. The summed E-state index contributed by atoms with van der Waals surface area (Å²) in [4.78, 5) is 109. The maximum atomic E-state index is 13.6. The Bertz CT molecular complexity index is 1480. The van der Waals surface area contributed by atoms with Crippen molar-refractivity contribution < 1.29 is 76.3 Å². The highest BCUT2D eigenvalue weighted by atomic mass is 16.5. The maximum Gasteiger partial charge on any atom is 0.239 e. The van der Waals surface area contributed by atoms with E-state index in [-0.39, 0.29) is 115 Å². The first kappa shape index (κ1) is 75.4. The van der Waals surface area contributed by atoms with Crippen molar-refractivity contribution >= 4 is 47.3 Å². The van der Waals surface area contributed by atoms with Crippen molar-refractivity contribution in [3.63, 3.8) is 0 Å². The minimum absolute atomic E-state index is 0.110. The van der Waals surface area contributed by atoms with Gasteiger partial charge in [-0.05, 0) is 111 Å². The molecule has 26 heteroatoms. The summed E-state index contributed by atoms with van der Waals surface area (Å²) < 4.78 is 45.6. The Morgan fingerprint density at radius 1 is 0.263 bits per heavy atom. The molecular weight excluding hydrogens is 1040 g/mol. The minimum Gasteiger partial charge on any atom is -0.377 e. The second-order valence-electron chi connectivity index (χ2n) is 21.6. The number of ether oxygens (including phenoxy) is 8. The molecule has 0 fully saturated rings. The first-order chi connectivity index (χ1) is 37.5. The third kappa shape index (κ3) is 45.0. The Balaban J connectivity index is 6.58. The van der Waals surface area contributed by atoms with Gasteiger partial charge >= 0.3 is 0 Å². The van der Waals surface area contributed by atoms with Crippen LogP contribution in [0.2, 0.25) is 0 Å². The monoisotopic (exact) mass is 1150 g/mol. The van der Waals surface area contributed by atoms with Crippen molar-refractivity contribution in [1.29, 1.82) is 0 Å². The van der Waals surface area contributed by atoms with Crippen LogP contribution in [-0.2, 0) is 76.3 Å². The van der Waals surface area contributed by atoms with Crippen LogP contribution in [0.4, 0.5) is 0 Å². The van der Waals surface area contributed by atoms with E-state index >= 15 is 0 Å². The highest BCUT2D eigenvalue weighted by Gasteiger charge is 2.24. The predicted octanol–water partition coefficient (Wildman–Crippen LogP) is -0.606. The van der Waals surface area contributed by atoms with E-state index in [1.54, 1.807) is 0 Å². The number of nitrogens with zero attached hydrogens (tertiary/aromatic N) is 2. The van der Waals surface area contributed by atoms with Crippen LogP contribution in [0.5, 0.6) is 0 Å². The van der Waals surface area contributed by atoms with Gasteiger partial charge in [0.1, 0.15) is 0 Å². The average Bonchev–Trinajstić information content (AvgIpc) is 3.35. The molecule has 0 saturated heterocycles. The second-order valence-corrected chi connectivity index (χ2v) is 21.6. The summed E-state index contributed by atoms with van der Waals surface area (Å²) in [5, 5.41) is 21.6. The summed E-state index contributed by atoms with van der Waals surface area (Å²) in [6.07, 6.45) is -0.882. The van der Waals surface area contributed by atoms with E-state index in [0.717, 1.165) is 0 Å². The zero-order chi connectivity index (χ0) is 60.7. The molecule has 0 heterocycles. The molecule has 0 saturated carbocycles. The Morgan fingerprint density at radius 2 is 0.412 bits per heavy atom. The van der Waals surface area contributed by atoms with Crippen LogP contribution in [0, 0.1) is 0 Å². The molecule has 0 aromatic carbocycles. The molecule has 0 bridgehead atoms. The van der Waals surface area contributed by atoms with E-state index in [2.05, 4.69) is 42.5 Å². The summed E-state index contributed by atoms with van der Waals surface area (Å²) in [6.45, 7) is 27.3. The van der Waals surface area contributed by atoms with E-state index in [1.807, 2.05) is 111 Å². The van der Waals surface area contributed by atoms with Crippen LogP contribution < -0.4 is 42.5 Å². The summed E-state index contributed by atoms with van der Waals surface area (Å²) in [6, 6.07) is -2.05. The third-order valence-electron chi connectivity index (χ3n) is 10.5. The first-order valence-corrected chi connectivity index (χ1v) is 28.1. The van der Waals surface area contributed by atoms with Crippen molar-refractivity contribution in [2.75, 3.05) is 118 Å². The molecular formula is C54H104N10O16. The molecule has 0 unspecified atom stereocenters. The van der Waals surface area contributed by atoms with Crippen molar-refractivity contribution in [2.24, 2.45) is 0 Å². The summed E-state index contributed by atoms with van der Waals surface area (Å²) in [5.74, 6) is -4.69. The van der Waals surface area contributed by atoms with Gasteiger partial charge < -0.3 is 80.4 Å². The molecule has 0 aromatic heterocycles. The summed E-state index contributed by atoms with van der Waals surface area (Å²) in [5.41, 5.74) is 0. The first-order valence-electron chi connectivity index (χ1n) is 28.1. The second kappa shape index (κ2) is 44.0. The van der Waals surface area contributed by atoms with Crippen molar-refractivity contribution in [3.8, 4) is 0 Å². The van der Waals surface area contributed by atoms with Crippen molar-refractivity contribution in [3.05, 3.63) is 0 Å². The number of carbonyl (C=O) groups is 8. The molecule has 0 radical (unpaired) electrons. The van der Waals surface area contributed by atoms with E-state index in [4.69, 9.17) is 37.9 Å². The minimum atomic E-state index is -0.650. The number of carbonyl (C=O) groups excluding carboxylic acids is 8. The summed E-state index contributed by atoms with van der Waals surface area (Å²) in [7, 11) is 0. The quantitative estimate of drug-likeness (QED) is 0.0377. The molecule has 0 rings (SSSR count). The Labute approximate surface area is 476 Å². The zero-order valence-corrected chi connectivity index (χ0v) is 51.1. The largest absolute Gasteiger partial charge is 0.377 e. The van der Waals surface area contributed by atoms with Crippen molar-refractivity contribution in [2.45, 2.75) is 184 Å². The van der Waals surface area contributed by atoms with Gasteiger partial charge in [-0.3, -0.25) is 48.2 Å². The molecule has 0 spiro atoms. The lowest BCUT2D eigenvalue weighted by Gasteiger charge is -2.27. The van der Waals surface area contributed by atoms with Crippen LogP contribution in [0.15, 0.2) is 0 Å². The lowest BCUT2D eigenvalue weighted by atomic mass is 10.3. The maximum absolute atomic E-state index is 13.6. The molecule has 0 aliphatic rings. The number of hydrogen-bond donors (Lipinski definition) is 8. The van der Waals surface area contributed by atoms with Gasteiger partial charge in [-0.1, -0.05) is 0 Å². The van der Waals surface area contributed by atoms with Crippen LogP contribution in [0.25, 0.3) is 0 Å². The Hall–Kier alpha value is -4.64. The van der Waals surface area contributed by atoms with Gasteiger partial charge in [-0.2, -0.15) is 0 Å². The van der Waals surface area contributed by atoms with Crippen LogP contribution >= 0.6 is 0 Å². The van der Waals surface area contributed by atoms with Crippen molar-refractivity contribution in [1.82, 2.24) is 52.3 Å². The highest BCUT2D eigenvalue weighted by molar-refractivity contribution is 5.89. The highest BCUT2D eigenvalue weighted by Crippen LogP contribution is 2.02. The number of rotatable bonds is 47. The smallest absolute Gasteiger partial charge is 0.239 e. The molecule has 0 aliphatic heterocycles. The fourth-order valence-electron chi connectivity index (χ4n) is 6.57. The fourth-order valence-corrected chi connectivity index (χ4v) is 6.57. The van der Waals surface area contributed by atoms with Gasteiger partial charge in [0.2, 0.25) is 47.3 Å². The van der Waals surface area contributed by atoms with E-state index in [9.17, 15) is 38.4 Å². The molecule has 0 aliphatic carbocycles. The van der Waals surface area contributed by atoms with Crippen LogP contribution in [0.3, 0.4) is 0 Å². The number of nitrogens with one attached hydrogen (secondary N) is 8. The van der Waals surface area contributed by atoms with E-state index < -0.39 is 124 Å². The predicted molar refractivity (Wildman–Crippen MR) is 301 cm³/mol. The Morgan fingerprint density at radius 3 is 0.550 bits per heavy atom. The van der Waals surface area contributed by atoms with Gasteiger partial charge in [0.15, 0.2) is 0 Å². The SMILES string of the molecule is CC(C)OCC(COC(C)C)NC(=O)CNC(=O)CN(CCN(CC(=O)NCC(=O)NC(COC(C)C)COC(C)C)CC(=O)NCC(=O)NC(COC(C)C)COC(C)C)CC(=O)NCC(=O)NC(COC(C)C)COC(C)C. The molecule has 26 nitrogen and oxygen atoms in total. The van der Waals surface area contributed by atoms with Gasteiger partial charge in [0.25, 0.3) is 0 Å². The lowest BCUT2D eigenvalue weighted by Crippen LogP contribution is -2.52. The molecule has 0 aromatic rings. The topological polar surface area (TPSA) is 313 Å². The standard InChI is InChI=1S/C54H104N10O16/c1-35(2)73-27-43(28-74-36(3)4)59-47(65)19-55-51(69)23-63(24-52(70)56-20-48(66)60-44(29-75-37(5)6)30-76-38(7)8)17-18-64(25-53(71)57-21-49(67)61-45(31-77-39(9)10)32-78-40(11)12)26-54(72)58-22-50(68)62-46(33-79-41(13)14)34-80-42(15)16/h35-46H,17-34H2,1-16H3,(H,55,69)(H,56,70)(H,57,71)(H,58,72)(H,59,65)(H,60,66)(H,61,67)(H,62,68). The molecule has 466 valence electrons. The zero-order valence-electron chi connectivity index (χ0n) is 51.1. The van der Waals surface area contributed by atoms with E-state index in [1.165, 1.54) is 9.80 Å². The molecule has 8 amide bonds. The van der Waals surface area contributed by atoms with Crippen LogP contribution in [0.1, 0.15) is 111 Å². The molecule has 80 heavy (non-hydrogen) atoms.